The Morgan fingerprint density at radius 1 is 1.40 bits per heavy atom. The van der Waals surface area contributed by atoms with Crippen LogP contribution in [0.5, 0.6) is 0 Å². The average Bonchev–Trinajstić information content (AvgIpc) is 3.01. The molecule has 20 heavy (non-hydrogen) atoms. The van der Waals surface area contributed by atoms with Crippen molar-refractivity contribution >= 4 is 44.5 Å². The minimum absolute atomic E-state index is 0.118. The van der Waals surface area contributed by atoms with Crippen LogP contribution in [-0.4, -0.2) is 12.5 Å². The molecule has 0 aliphatic carbocycles. The smallest absolute Gasteiger partial charge is 0.223 e. The fraction of sp³-hybridized carbons (Fsp3) is 0.267. The van der Waals surface area contributed by atoms with Crippen molar-refractivity contribution in [2.45, 2.75) is 19.9 Å². The maximum Gasteiger partial charge on any atom is 0.223 e. The summed E-state index contributed by atoms with van der Waals surface area (Å²) < 4.78 is 1.15. The first-order chi connectivity index (χ1) is 9.63. The number of benzene rings is 1. The van der Waals surface area contributed by atoms with Gasteiger partial charge in [-0.2, -0.15) is 0 Å². The van der Waals surface area contributed by atoms with E-state index in [2.05, 4.69) is 39.4 Å². The summed E-state index contributed by atoms with van der Waals surface area (Å²) in [7, 11) is 0. The number of nitrogens with zero attached hydrogens (tertiary/aromatic N) is 1. The molecule has 0 saturated carbocycles. The van der Waals surface area contributed by atoms with Gasteiger partial charge in [-0.3, -0.25) is 4.79 Å². The molecule has 3 rings (SSSR count). The summed E-state index contributed by atoms with van der Waals surface area (Å²) in [4.78, 5) is 14.7. The van der Waals surface area contributed by atoms with E-state index < -0.39 is 0 Å². The highest BCUT2D eigenvalue weighted by Gasteiger charge is 2.21. The van der Waals surface area contributed by atoms with Crippen molar-refractivity contribution in [3.63, 3.8) is 0 Å². The van der Waals surface area contributed by atoms with Crippen molar-refractivity contribution < 1.29 is 4.79 Å². The number of anilines is 2. The lowest BCUT2D eigenvalue weighted by molar-refractivity contribution is -0.116. The van der Waals surface area contributed by atoms with Crippen LogP contribution < -0.4 is 10.2 Å². The summed E-state index contributed by atoms with van der Waals surface area (Å²) in [6, 6.07) is 10.4. The highest BCUT2D eigenvalue weighted by Crippen LogP contribution is 2.31. The van der Waals surface area contributed by atoms with Crippen LogP contribution in [0.15, 0.2) is 34.1 Å². The van der Waals surface area contributed by atoms with Crippen molar-refractivity contribution in [3.8, 4) is 0 Å². The summed E-state index contributed by atoms with van der Waals surface area (Å²) >= 11 is 5.21. The van der Waals surface area contributed by atoms with Gasteiger partial charge >= 0.3 is 0 Å². The first-order valence-corrected chi connectivity index (χ1v) is 8.13. The standard InChI is InChI=1S/C15H15BrN2OS/c1-10(19)18-7-6-11-8-12(2-4-14(11)18)17-9-13-3-5-15(16)20-13/h2-5,8,17H,6-7,9H2,1H3. The van der Waals surface area contributed by atoms with E-state index in [1.165, 1.54) is 10.4 Å². The SMILES string of the molecule is CC(=O)N1CCc2cc(NCc3ccc(Br)s3)ccc21. The van der Waals surface area contributed by atoms with E-state index in [1.807, 2.05) is 17.0 Å². The van der Waals surface area contributed by atoms with Gasteiger partial charge in [-0.25, -0.2) is 0 Å². The van der Waals surface area contributed by atoms with Crippen molar-refractivity contribution in [1.29, 1.82) is 0 Å². The molecule has 5 heteroatoms. The lowest BCUT2D eigenvalue weighted by Crippen LogP contribution is -2.25. The molecule has 1 amide bonds. The molecule has 1 aromatic carbocycles. The largest absolute Gasteiger partial charge is 0.380 e. The van der Waals surface area contributed by atoms with E-state index in [9.17, 15) is 4.79 Å². The summed E-state index contributed by atoms with van der Waals surface area (Å²) in [6.07, 6.45) is 0.939. The molecule has 0 spiro atoms. The molecule has 0 saturated heterocycles. The van der Waals surface area contributed by atoms with Gasteiger partial charge in [0.25, 0.3) is 0 Å². The quantitative estimate of drug-likeness (QED) is 0.906. The molecule has 0 fully saturated rings. The van der Waals surface area contributed by atoms with Crippen LogP contribution in [0.4, 0.5) is 11.4 Å². The normalized spacial score (nSPS) is 13.4. The van der Waals surface area contributed by atoms with E-state index in [-0.39, 0.29) is 5.91 Å². The molecule has 3 nitrogen and oxygen atoms in total. The Morgan fingerprint density at radius 3 is 2.95 bits per heavy atom. The zero-order valence-corrected chi connectivity index (χ0v) is 13.6. The number of carbonyl (C=O) groups is 1. The Bertz CT molecular complexity index is 653. The third-order valence-corrected chi connectivity index (χ3v) is 5.07. The molecule has 1 aliphatic rings. The Hall–Kier alpha value is -1.33. The third kappa shape index (κ3) is 2.74. The van der Waals surface area contributed by atoms with Crippen LogP contribution in [0.2, 0.25) is 0 Å². The molecule has 2 aromatic rings. The lowest BCUT2D eigenvalue weighted by Gasteiger charge is -2.15. The second kappa shape index (κ2) is 5.58. The topological polar surface area (TPSA) is 32.3 Å². The van der Waals surface area contributed by atoms with Gasteiger partial charge in [0.05, 0.1) is 3.79 Å². The molecular formula is C15H15BrN2OS. The number of nitrogens with one attached hydrogen (secondary N) is 1. The summed E-state index contributed by atoms with van der Waals surface area (Å²) in [5, 5.41) is 3.43. The first kappa shape index (κ1) is 13.6. The van der Waals surface area contributed by atoms with E-state index in [0.717, 1.165) is 34.7 Å². The highest BCUT2D eigenvalue weighted by atomic mass is 79.9. The molecule has 0 bridgehead atoms. The predicted molar refractivity (Wildman–Crippen MR) is 87.5 cm³/mol. The zero-order chi connectivity index (χ0) is 14.1. The van der Waals surface area contributed by atoms with Gasteiger partial charge in [0.15, 0.2) is 0 Å². The van der Waals surface area contributed by atoms with Gasteiger partial charge in [-0.1, -0.05) is 0 Å². The number of carbonyl (C=O) groups excluding carboxylic acids is 1. The summed E-state index contributed by atoms with van der Waals surface area (Å²) in [5.41, 5.74) is 3.41. The molecule has 1 aromatic heterocycles. The highest BCUT2D eigenvalue weighted by molar-refractivity contribution is 9.11. The van der Waals surface area contributed by atoms with Gasteiger partial charge in [0.2, 0.25) is 5.91 Å². The number of thiophene rings is 1. The van der Waals surface area contributed by atoms with Gasteiger partial charge in [-0.15, -0.1) is 11.3 Å². The lowest BCUT2D eigenvalue weighted by atomic mass is 10.1. The third-order valence-electron chi connectivity index (χ3n) is 3.45. The van der Waals surface area contributed by atoms with Crippen LogP contribution >= 0.6 is 27.3 Å². The van der Waals surface area contributed by atoms with Crippen molar-refractivity contribution in [3.05, 3.63) is 44.6 Å². The second-order valence-electron chi connectivity index (χ2n) is 4.82. The van der Waals surface area contributed by atoms with E-state index >= 15 is 0 Å². The van der Waals surface area contributed by atoms with Gasteiger partial charge in [0.1, 0.15) is 0 Å². The first-order valence-electron chi connectivity index (χ1n) is 6.52. The Labute approximate surface area is 130 Å². The molecule has 0 unspecified atom stereocenters. The Balaban J connectivity index is 1.72. The van der Waals surface area contributed by atoms with Crippen LogP contribution in [0.3, 0.4) is 0 Å². The number of halogens is 1. The van der Waals surface area contributed by atoms with Gasteiger partial charge in [-0.05, 0) is 58.2 Å². The Kier molecular flexibility index (Phi) is 3.81. The van der Waals surface area contributed by atoms with Crippen LogP contribution in [0.25, 0.3) is 0 Å². The molecule has 1 N–H and O–H groups in total. The van der Waals surface area contributed by atoms with Crippen LogP contribution in [-0.2, 0) is 17.8 Å². The number of hydrogen-bond donors (Lipinski definition) is 1. The van der Waals surface area contributed by atoms with Crippen LogP contribution in [0.1, 0.15) is 17.4 Å². The van der Waals surface area contributed by atoms with Crippen molar-refractivity contribution in [1.82, 2.24) is 0 Å². The number of hydrogen-bond acceptors (Lipinski definition) is 3. The number of rotatable bonds is 3. The minimum atomic E-state index is 0.118. The second-order valence-corrected chi connectivity index (χ2v) is 7.37. The van der Waals surface area contributed by atoms with E-state index in [1.54, 1.807) is 18.3 Å². The number of amides is 1. The fourth-order valence-corrected chi connectivity index (χ4v) is 3.90. The molecule has 1 aliphatic heterocycles. The molecule has 104 valence electrons. The van der Waals surface area contributed by atoms with Crippen LogP contribution in [0, 0.1) is 0 Å². The van der Waals surface area contributed by atoms with Crippen molar-refractivity contribution in [2.75, 3.05) is 16.8 Å². The fourth-order valence-electron chi connectivity index (χ4n) is 2.47. The van der Waals surface area contributed by atoms with E-state index in [4.69, 9.17) is 0 Å². The van der Waals surface area contributed by atoms with E-state index in [0.29, 0.717) is 0 Å². The van der Waals surface area contributed by atoms with Gasteiger partial charge in [0, 0.05) is 36.3 Å². The molecule has 0 radical (unpaired) electrons. The zero-order valence-electron chi connectivity index (χ0n) is 11.1. The Morgan fingerprint density at radius 2 is 2.25 bits per heavy atom. The average molecular weight is 351 g/mol. The minimum Gasteiger partial charge on any atom is -0.380 e. The molecule has 0 atom stereocenters. The monoisotopic (exact) mass is 350 g/mol. The number of fused-ring (bicyclic) bond motifs is 1. The predicted octanol–water partition coefficient (Wildman–Crippen LogP) is 4.03. The summed E-state index contributed by atoms with van der Waals surface area (Å²) in [6.45, 7) is 3.24. The summed E-state index contributed by atoms with van der Waals surface area (Å²) in [5.74, 6) is 0.118. The molecular weight excluding hydrogens is 336 g/mol. The maximum atomic E-state index is 11.5. The van der Waals surface area contributed by atoms with Crippen molar-refractivity contribution in [2.24, 2.45) is 0 Å². The maximum absolute atomic E-state index is 11.5. The van der Waals surface area contributed by atoms with Gasteiger partial charge < -0.3 is 10.2 Å². The molecule has 2 heterocycles.